The Morgan fingerprint density at radius 2 is 1.91 bits per heavy atom. The highest BCUT2D eigenvalue weighted by molar-refractivity contribution is 7.18. The summed E-state index contributed by atoms with van der Waals surface area (Å²) in [5.74, 6) is 1.74. The SMILES string of the molecule is CCOCc1nc2c(N)nc3ccsc3c2n1Cc1ccc(CNC(CO)C(C)CC)cc1. The zero-order valence-electron chi connectivity index (χ0n) is 19.5. The van der Waals surface area contributed by atoms with Crippen molar-refractivity contribution in [2.75, 3.05) is 18.9 Å². The topological polar surface area (TPSA) is 98.2 Å². The molecule has 0 fully saturated rings. The first kappa shape index (κ1) is 23.6. The smallest absolute Gasteiger partial charge is 0.152 e. The van der Waals surface area contributed by atoms with Gasteiger partial charge in [0.2, 0.25) is 0 Å². The van der Waals surface area contributed by atoms with Crippen molar-refractivity contribution in [1.82, 2.24) is 19.9 Å². The van der Waals surface area contributed by atoms with Gasteiger partial charge in [0.15, 0.2) is 5.82 Å². The highest BCUT2D eigenvalue weighted by Gasteiger charge is 2.19. The fourth-order valence-corrected chi connectivity index (χ4v) is 4.94. The number of hydrogen-bond donors (Lipinski definition) is 3. The Kier molecular flexibility index (Phi) is 7.60. The van der Waals surface area contributed by atoms with E-state index in [0.29, 0.717) is 31.5 Å². The Morgan fingerprint density at radius 3 is 2.61 bits per heavy atom. The lowest BCUT2D eigenvalue weighted by Gasteiger charge is -2.22. The second kappa shape index (κ2) is 10.6. The standard InChI is InChI=1S/C25H33N5O2S/c1-4-16(3)20(14-31)27-12-17-6-8-18(9-7-17)13-30-21(15-32-5-2)29-22-23(30)24-19(10-11-33-24)28-25(22)26/h6-11,16,20,27,31H,4-5,12-15H2,1-3H3,(H2,26,28). The van der Waals surface area contributed by atoms with Crippen LogP contribution in [-0.2, 0) is 24.4 Å². The van der Waals surface area contributed by atoms with E-state index < -0.39 is 0 Å². The number of benzene rings is 1. The average molecular weight is 468 g/mol. The maximum Gasteiger partial charge on any atom is 0.152 e. The molecular weight excluding hydrogens is 434 g/mol. The molecule has 1 aromatic carbocycles. The highest BCUT2D eigenvalue weighted by Crippen LogP contribution is 2.33. The number of hydrogen-bond acceptors (Lipinski definition) is 7. The maximum absolute atomic E-state index is 9.65. The number of pyridine rings is 1. The van der Waals surface area contributed by atoms with Crippen molar-refractivity contribution in [3.63, 3.8) is 0 Å². The monoisotopic (exact) mass is 467 g/mol. The molecule has 0 saturated heterocycles. The van der Waals surface area contributed by atoms with E-state index in [4.69, 9.17) is 15.5 Å². The molecule has 4 aromatic rings. The molecule has 7 nitrogen and oxygen atoms in total. The van der Waals surface area contributed by atoms with E-state index in [1.807, 2.05) is 18.4 Å². The van der Waals surface area contributed by atoms with Gasteiger partial charge in [0, 0.05) is 25.7 Å². The minimum Gasteiger partial charge on any atom is -0.395 e. The number of nitrogens with one attached hydrogen (secondary N) is 1. The third-order valence-electron chi connectivity index (χ3n) is 6.28. The Bertz CT molecular complexity index is 1200. The van der Waals surface area contributed by atoms with Crippen LogP contribution < -0.4 is 11.1 Å². The number of aliphatic hydroxyl groups is 1. The second-order valence-electron chi connectivity index (χ2n) is 8.45. The molecule has 3 aromatic heterocycles. The summed E-state index contributed by atoms with van der Waals surface area (Å²) in [6.07, 6.45) is 1.04. The number of nitrogens with two attached hydrogens (primary N) is 1. The molecule has 0 bridgehead atoms. The molecule has 176 valence electrons. The summed E-state index contributed by atoms with van der Waals surface area (Å²) in [5, 5.41) is 15.2. The van der Waals surface area contributed by atoms with Crippen LogP contribution in [0.15, 0.2) is 35.7 Å². The molecule has 0 spiro atoms. The van der Waals surface area contributed by atoms with E-state index in [-0.39, 0.29) is 12.6 Å². The zero-order valence-corrected chi connectivity index (χ0v) is 20.4. The van der Waals surface area contributed by atoms with Crippen molar-refractivity contribution in [3.05, 3.63) is 52.7 Å². The lowest BCUT2D eigenvalue weighted by atomic mass is 9.99. The molecule has 4 N–H and O–H groups in total. The first-order valence-corrected chi connectivity index (χ1v) is 12.4. The number of rotatable bonds is 11. The van der Waals surface area contributed by atoms with Crippen molar-refractivity contribution in [2.45, 2.75) is 52.9 Å². The Labute approximate surface area is 198 Å². The van der Waals surface area contributed by atoms with Crippen LogP contribution in [0.4, 0.5) is 5.82 Å². The molecule has 0 saturated carbocycles. The number of nitrogens with zero attached hydrogens (tertiary/aromatic N) is 3. The van der Waals surface area contributed by atoms with E-state index in [1.165, 1.54) is 11.1 Å². The minimum absolute atomic E-state index is 0.111. The molecule has 0 aliphatic rings. The lowest BCUT2D eigenvalue weighted by molar-refractivity contribution is 0.126. The molecule has 0 aliphatic heterocycles. The molecule has 4 rings (SSSR count). The average Bonchev–Trinajstić information content (AvgIpc) is 3.43. The summed E-state index contributed by atoms with van der Waals surface area (Å²) in [5.41, 5.74) is 11.3. The summed E-state index contributed by atoms with van der Waals surface area (Å²) in [6, 6.07) is 10.7. The van der Waals surface area contributed by atoms with Crippen molar-refractivity contribution in [3.8, 4) is 0 Å². The molecule has 0 aliphatic carbocycles. The van der Waals surface area contributed by atoms with Gasteiger partial charge in [0.05, 0.1) is 22.3 Å². The van der Waals surface area contributed by atoms with Crippen molar-refractivity contribution in [2.24, 2.45) is 5.92 Å². The van der Waals surface area contributed by atoms with Crippen LogP contribution in [0.25, 0.3) is 21.3 Å². The number of fused-ring (bicyclic) bond motifs is 3. The molecule has 33 heavy (non-hydrogen) atoms. The summed E-state index contributed by atoms with van der Waals surface area (Å²) in [4.78, 5) is 9.32. The fourth-order valence-electron chi connectivity index (χ4n) is 4.06. The van der Waals surface area contributed by atoms with E-state index in [2.05, 4.69) is 53.0 Å². The number of aliphatic hydroxyl groups excluding tert-OH is 1. The number of anilines is 1. The summed E-state index contributed by atoms with van der Waals surface area (Å²) >= 11 is 1.66. The van der Waals surface area contributed by atoms with Crippen molar-refractivity contribution in [1.29, 1.82) is 0 Å². The number of nitrogen functional groups attached to an aromatic ring is 1. The Hall–Kier alpha value is -2.52. The van der Waals surface area contributed by atoms with E-state index in [9.17, 15) is 5.11 Å². The molecule has 2 atom stereocenters. The predicted octanol–water partition coefficient (Wildman–Crippen LogP) is 4.31. The van der Waals surface area contributed by atoms with Crippen molar-refractivity contribution >= 4 is 38.4 Å². The Balaban J connectivity index is 1.60. The first-order valence-electron chi connectivity index (χ1n) is 11.6. The van der Waals surface area contributed by atoms with Gasteiger partial charge in [-0.25, -0.2) is 9.97 Å². The predicted molar refractivity (Wildman–Crippen MR) is 135 cm³/mol. The third-order valence-corrected chi connectivity index (χ3v) is 7.19. The third kappa shape index (κ3) is 5.04. The normalized spacial score (nSPS) is 13.7. The lowest BCUT2D eigenvalue weighted by Crippen LogP contribution is -2.37. The quantitative estimate of drug-likeness (QED) is 0.304. The van der Waals surface area contributed by atoms with E-state index in [0.717, 1.165) is 40.0 Å². The number of imidazole rings is 1. The van der Waals surface area contributed by atoms with Crippen LogP contribution in [0.2, 0.25) is 0 Å². The fraction of sp³-hybridized carbons (Fsp3) is 0.440. The van der Waals surface area contributed by atoms with Gasteiger partial charge in [-0.05, 0) is 35.4 Å². The first-order chi connectivity index (χ1) is 16.0. The number of ether oxygens (including phenoxy) is 1. The molecule has 0 radical (unpaired) electrons. The largest absolute Gasteiger partial charge is 0.395 e. The number of thiophene rings is 1. The summed E-state index contributed by atoms with van der Waals surface area (Å²) in [6.45, 7) is 8.91. The van der Waals surface area contributed by atoms with Gasteiger partial charge in [0.25, 0.3) is 0 Å². The van der Waals surface area contributed by atoms with Gasteiger partial charge in [-0.15, -0.1) is 11.3 Å². The van der Waals surface area contributed by atoms with Gasteiger partial charge in [-0.2, -0.15) is 0 Å². The van der Waals surface area contributed by atoms with E-state index >= 15 is 0 Å². The summed E-state index contributed by atoms with van der Waals surface area (Å²) < 4.78 is 9.00. The van der Waals surface area contributed by atoms with Crippen LogP contribution in [0.5, 0.6) is 0 Å². The molecule has 2 unspecified atom stereocenters. The molecule has 8 heteroatoms. The molecule has 0 amide bonds. The van der Waals surface area contributed by atoms with Crippen LogP contribution in [0, 0.1) is 5.92 Å². The molecule has 3 heterocycles. The number of aromatic nitrogens is 3. The van der Waals surface area contributed by atoms with Crippen LogP contribution in [-0.4, -0.2) is 38.9 Å². The van der Waals surface area contributed by atoms with Crippen LogP contribution >= 0.6 is 11.3 Å². The second-order valence-corrected chi connectivity index (χ2v) is 9.37. The van der Waals surface area contributed by atoms with Crippen LogP contribution in [0.3, 0.4) is 0 Å². The minimum atomic E-state index is 0.111. The highest BCUT2D eigenvalue weighted by atomic mass is 32.1. The van der Waals surface area contributed by atoms with Crippen LogP contribution in [0.1, 0.15) is 44.1 Å². The Morgan fingerprint density at radius 1 is 1.15 bits per heavy atom. The van der Waals surface area contributed by atoms with E-state index in [1.54, 1.807) is 11.3 Å². The van der Waals surface area contributed by atoms with Gasteiger partial charge in [-0.3, -0.25) is 0 Å². The van der Waals surface area contributed by atoms with Gasteiger partial charge >= 0.3 is 0 Å². The zero-order chi connectivity index (χ0) is 23.4. The van der Waals surface area contributed by atoms with Gasteiger partial charge in [0.1, 0.15) is 17.9 Å². The van der Waals surface area contributed by atoms with Gasteiger partial charge in [-0.1, -0.05) is 44.5 Å². The summed E-state index contributed by atoms with van der Waals surface area (Å²) in [7, 11) is 0. The molecular formula is C25H33N5O2S. The maximum atomic E-state index is 9.65. The van der Waals surface area contributed by atoms with Crippen molar-refractivity contribution < 1.29 is 9.84 Å². The van der Waals surface area contributed by atoms with Gasteiger partial charge < -0.3 is 25.5 Å².